The van der Waals surface area contributed by atoms with Gasteiger partial charge in [-0.15, -0.1) is 0 Å². The van der Waals surface area contributed by atoms with Crippen molar-refractivity contribution in [1.82, 2.24) is 10.2 Å². The zero-order valence-electron chi connectivity index (χ0n) is 11.8. The van der Waals surface area contributed by atoms with Crippen molar-refractivity contribution >= 4 is 5.91 Å². The van der Waals surface area contributed by atoms with Crippen LogP contribution < -0.4 is 5.32 Å². The molecule has 0 spiro atoms. The summed E-state index contributed by atoms with van der Waals surface area (Å²) in [5, 5.41) is 3.62. The predicted octanol–water partition coefficient (Wildman–Crippen LogP) is 1.40. The van der Waals surface area contributed by atoms with E-state index in [4.69, 9.17) is 4.74 Å². The molecule has 18 heavy (non-hydrogen) atoms. The molecule has 0 saturated carbocycles. The molecule has 1 N–H and O–H groups in total. The summed E-state index contributed by atoms with van der Waals surface area (Å²) < 4.78 is 5.09. The van der Waals surface area contributed by atoms with Gasteiger partial charge in [-0.1, -0.05) is 6.92 Å². The van der Waals surface area contributed by atoms with Crippen LogP contribution in [0.15, 0.2) is 0 Å². The molecule has 0 aromatic heterocycles. The maximum atomic E-state index is 12.2. The summed E-state index contributed by atoms with van der Waals surface area (Å²) in [6.45, 7) is 2.73. The maximum Gasteiger partial charge on any atom is 0.222 e. The van der Waals surface area contributed by atoms with E-state index in [0.717, 1.165) is 12.8 Å². The van der Waals surface area contributed by atoms with Crippen molar-refractivity contribution in [3.8, 4) is 0 Å². The van der Waals surface area contributed by atoms with Crippen LogP contribution in [-0.4, -0.2) is 49.7 Å². The largest absolute Gasteiger partial charge is 0.384 e. The van der Waals surface area contributed by atoms with Crippen LogP contribution in [0.3, 0.4) is 0 Å². The second-order valence-electron chi connectivity index (χ2n) is 6.03. The average Bonchev–Trinajstić information content (AvgIpc) is 2.67. The summed E-state index contributed by atoms with van der Waals surface area (Å²) in [6.07, 6.45) is 5.41. The van der Waals surface area contributed by atoms with Crippen LogP contribution in [0.4, 0.5) is 0 Å². The first kappa shape index (κ1) is 13.8. The number of ether oxygens (including phenoxy) is 1. The molecule has 0 aromatic rings. The van der Waals surface area contributed by atoms with Gasteiger partial charge in [-0.3, -0.25) is 4.79 Å². The fraction of sp³-hybridized carbons (Fsp3) is 0.929. The minimum Gasteiger partial charge on any atom is -0.384 e. The SMILES string of the molecule is COCC(C)CC(=O)N(C)C1CC2CCC(C1)N2. The first-order valence-corrected chi connectivity index (χ1v) is 7.10. The third-order valence-electron chi connectivity index (χ3n) is 4.36. The van der Waals surface area contributed by atoms with Gasteiger partial charge in [-0.05, 0) is 31.6 Å². The fourth-order valence-electron chi connectivity index (χ4n) is 3.33. The Kier molecular flexibility index (Phi) is 4.62. The van der Waals surface area contributed by atoms with Crippen LogP contribution >= 0.6 is 0 Å². The molecule has 1 amide bonds. The molecule has 4 nitrogen and oxygen atoms in total. The summed E-state index contributed by atoms with van der Waals surface area (Å²) in [5.41, 5.74) is 0. The quantitative estimate of drug-likeness (QED) is 0.806. The monoisotopic (exact) mass is 254 g/mol. The maximum absolute atomic E-state index is 12.2. The summed E-state index contributed by atoms with van der Waals surface area (Å²) in [5.74, 6) is 0.578. The molecule has 0 aliphatic carbocycles. The third kappa shape index (κ3) is 3.23. The van der Waals surface area contributed by atoms with Crippen molar-refractivity contribution in [2.45, 2.75) is 57.2 Å². The lowest BCUT2D eigenvalue weighted by Gasteiger charge is -2.36. The molecular formula is C14H26N2O2. The number of piperidine rings is 1. The zero-order valence-corrected chi connectivity index (χ0v) is 11.8. The van der Waals surface area contributed by atoms with Crippen molar-refractivity contribution in [3.63, 3.8) is 0 Å². The van der Waals surface area contributed by atoms with Crippen molar-refractivity contribution < 1.29 is 9.53 Å². The van der Waals surface area contributed by atoms with Gasteiger partial charge >= 0.3 is 0 Å². The fourth-order valence-corrected chi connectivity index (χ4v) is 3.33. The third-order valence-corrected chi connectivity index (χ3v) is 4.36. The highest BCUT2D eigenvalue weighted by molar-refractivity contribution is 5.76. The van der Waals surface area contributed by atoms with E-state index in [0.29, 0.717) is 37.1 Å². The number of hydrogen-bond donors (Lipinski definition) is 1. The summed E-state index contributed by atoms with van der Waals surface area (Å²) in [6, 6.07) is 1.71. The van der Waals surface area contributed by atoms with Gasteiger partial charge < -0.3 is 15.0 Å². The Morgan fingerprint density at radius 2 is 2.00 bits per heavy atom. The second kappa shape index (κ2) is 6.02. The average molecular weight is 254 g/mol. The number of carbonyl (C=O) groups excluding carboxylic acids is 1. The zero-order chi connectivity index (χ0) is 13.1. The van der Waals surface area contributed by atoms with Gasteiger partial charge in [0.2, 0.25) is 5.91 Å². The van der Waals surface area contributed by atoms with E-state index in [-0.39, 0.29) is 5.91 Å². The van der Waals surface area contributed by atoms with Crippen LogP contribution in [-0.2, 0) is 9.53 Å². The minimum atomic E-state index is 0.269. The van der Waals surface area contributed by atoms with E-state index in [1.807, 2.05) is 11.9 Å². The van der Waals surface area contributed by atoms with Gasteiger partial charge in [-0.25, -0.2) is 0 Å². The number of nitrogens with one attached hydrogen (secondary N) is 1. The number of carbonyl (C=O) groups is 1. The molecular weight excluding hydrogens is 228 g/mol. The highest BCUT2D eigenvalue weighted by atomic mass is 16.5. The first-order chi connectivity index (χ1) is 8.60. The first-order valence-electron chi connectivity index (χ1n) is 7.10. The number of nitrogens with zero attached hydrogens (tertiary/aromatic N) is 1. The smallest absolute Gasteiger partial charge is 0.222 e. The topological polar surface area (TPSA) is 41.6 Å². The van der Waals surface area contributed by atoms with Crippen LogP contribution in [0, 0.1) is 5.92 Å². The van der Waals surface area contributed by atoms with E-state index < -0.39 is 0 Å². The molecule has 3 atom stereocenters. The standard InChI is InChI=1S/C14H26N2O2/c1-10(9-18-3)6-14(17)16(2)13-7-11-4-5-12(8-13)15-11/h10-13,15H,4-9H2,1-3H3. The Bertz CT molecular complexity index is 284. The molecule has 2 bridgehead atoms. The summed E-state index contributed by atoms with van der Waals surface area (Å²) >= 11 is 0. The van der Waals surface area contributed by atoms with Crippen molar-refractivity contribution in [2.75, 3.05) is 20.8 Å². The second-order valence-corrected chi connectivity index (χ2v) is 6.03. The Morgan fingerprint density at radius 1 is 1.39 bits per heavy atom. The van der Waals surface area contributed by atoms with Crippen LogP contribution in [0.5, 0.6) is 0 Å². The molecule has 0 aromatic carbocycles. The number of hydrogen-bond acceptors (Lipinski definition) is 3. The van der Waals surface area contributed by atoms with Crippen molar-refractivity contribution in [2.24, 2.45) is 5.92 Å². The number of amides is 1. The molecule has 2 aliphatic rings. The highest BCUT2D eigenvalue weighted by Crippen LogP contribution is 2.29. The van der Waals surface area contributed by atoms with Crippen LogP contribution in [0.2, 0.25) is 0 Å². The normalized spacial score (nSPS) is 32.3. The van der Waals surface area contributed by atoms with Gasteiger partial charge in [0.1, 0.15) is 0 Å². The van der Waals surface area contributed by atoms with Gasteiger partial charge in [0.15, 0.2) is 0 Å². The minimum absolute atomic E-state index is 0.269. The summed E-state index contributed by atoms with van der Waals surface area (Å²) in [4.78, 5) is 14.2. The Hall–Kier alpha value is -0.610. The number of rotatable bonds is 5. The number of methoxy groups -OCH3 is 1. The number of fused-ring (bicyclic) bond motifs is 2. The van der Waals surface area contributed by atoms with Gasteiger partial charge in [-0.2, -0.15) is 0 Å². The molecule has 104 valence electrons. The molecule has 2 aliphatic heterocycles. The Morgan fingerprint density at radius 3 is 2.56 bits per heavy atom. The van der Waals surface area contributed by atoms with E-state index in [9.17, 15) is 4.79 Å². The van der Waals surface area contributed by atoms with E-state index in [1.54, 1.807) is 7.11 Å². The highest BCUT2D eigenvalue weighted by Gasteiger charge is 2.36. The Balaban J connectivity index is 1.83. The van der Waals surface area contributed by atoms with Gasteiger partial charge in [0.25, 0.3) is 0 Å². The van der Waals surface area contributed by atoms with Gasteiger partial charge in [0, 0.05) is 45.3 Å². The predicted molar refractivity (Wildman–Crippen MR) is 71.4 cm³/mol. The molecule has 2 saturated heterocycles. The lowest BCUT2D eigenvalue weighted by Crippen LogP contribution is -2.49. The van der Waals surface area contributed by atoms with Crippen molar-refractivity contribution in [3.05, 3.63) is 0 Å². The lowest BCUT2D eigenvalue weighted by molar-refractivity contribution is -0.134. The molecule has 4 heteroatoms. The summed E-state index contributed by atoms with van der Waals surface area (Å²) in [7, 11) is 3.66. The van der Waals surface area contributed by atoms with E-state index in [1.165, 1.54) is 12.8 Å². The van der Waals surface area contributed by atoms with E-state index in [2.05, 4.69) is 12.2 Å². The van der Waals surface area contributed by atoms with Crippen LogP contribution in [0.25, 0.3) is 0 Å². The van der Waals surface area contributed by atoms with Crippen LogP contribution in [0.1, 0.15) is 39.0 Å². The van der Waals surface area contributed by atoms with Gasteiger partial charge in [0.05, 0.1) is 0 Å². The molecule has 2 fully saturated rings. The van der Waals surface area contributed by atoms with Crippen molar-refractivity contribution in [1.29, 1.82) is 0 Å². The molecule has 0 radical (unpaired) electrons. The molecule has 3 unspecified atom stereocenters. The molecule has 2 rings (SSSR count). The lowest BCUT2D eigenvalue weighted by atomic mass is 9.97. The molecule has 2 heterocycles. The van der Waals surface area contributed by atoms with E-state index >= 15 is 0 Å². The Labute approximate surface area is 110 Å².